The molecule has 2 aromatic carbocycles. The Morgan fingerprint density at radius 2 is 1.58 bits per heavy atom. The molecule has 1 saturated heterocycles. The number of nitrogens with zero attached hydrogens (tertiary/aromatic N) is 2. The zero-order valence-electron chi connectivity index (χ0n) is 31.4. The lowest BCUT2D eigenvalue weighted by atomic mass is 9.71. The number of unbranched alkanes of at least 4 members (excludes halogenated alkanes) is 1. The Balaban J connectivity index is 1.54. The van der Waals surface area contributed by atoms with Crippen LogP contribution in [0.25, 0.3) is 0 Å². The summed E-state index contributed by atoms with van der Waals surface area (Å²) >= 11 is 6.36. The van der Waals surface area contributed by atoms with E-state index in [1.165, 1.54) is 7.11 Å². The third-order valence-corrected chi connectivity index (χ3v) is 9.20. The molecule has 2 aromatic rings. The molecule has 0 bridgehead atoms. The molecule has 3 rings (SSSR count). The molecule has 1 aliphatic heterocycles. The van der Waals surface area contributed by atoms with Gasteiger partial charge < -0.3 is 34.6 Å². The summed E-state index contributed by atoms with van der Waals surface area (Å²) in [5, 5.41) is 7.54. The van der Waals surface area contributed by atoms with Crippen LogP contribution in [0, 0.1) is 0 Å². The van der Waals surface area contributed by atoms with E-state index in [1.807, 2.05) is 115 Å². The quantitative estimate of drug-likeness (QED) is 0.0992. The highest BCUT2D eigenvalue weighted by molar-refractivity contribution is 6.31. The Labute approximate surface area is 305 Å². The third kappa shape index (κ3) is 11.9. The second-order valence-corrected chi connectivity index (χ2v) is 15.2. The fraction of sp³-hybridized carbons (Fsp3) is 0.550. The van der Waals surface area contributed by atoms with Crippen molar-refractivity contribution >= 4 is 23.6 Å². The van der Waals surface area contributed by atoms with Gasteiger partial charge in [-0.25, -0.2) is 4.79 Å². The predicted molar refractivity (Wildman–Crippen MR) is 202 cm³/mol. The van der Waals surface area contributed by atoms with Crippen LogP contribution in [-0.4, -0.2) is 99.1 Å². The number of likely N-dealkylation sites (tertiary alicyclic amines) is 1. The number of ether oxygens (including phenoxy) is 3. The molecule has 1 aliphatic rings. The molecule has 0 unspecified atom stereocenters. The minimum Gasteiger partial charge on any atom is -0.496 e. The summed E-state index contributed by atoms with van der Waals surface area (Å²) < 4.78 is 17.2. The number of hydrogen-bond acceptors (Lipinski definition) is 7. The summed E-state index contributed by atoms with van der Waals surface area (Å²) in [6, 6.07) is 20.0. The van der Waals surface area contributed by atoms with Crippen LogP contribution in [0.5, 0.6) is 0 Å². The Morgan fingerprint density at radius 1 is 0.980 bits per heavy atom. The van der Waals surface area contributed by atoms with E-state index in [2.05, 4.69) is 17.2 Å². The normalized spacial score (nSPS) is 17.1. The van der Waals surface area contributed by atoms with Crippen LogP contribution < -0.4 is 10.6 Å². The molecule has 2 amide bonds. The summed E-state index contributed by atoms with van der Waals surface area (Å²) in [7, 11) is 5.18. The van der Waals surface area contributed by atoms with Gasteiger partial charge >= 0.3 is 6.09 Å². The Hall–Kier alpha value is -3.37. The number of amides is 2. The maximum absolute atomic E-state index is 13.9. The lowest BCUT2D eigenvalue weighted by Crippen LogP contribution is -2.48. The van der Waals surface area contributed by atoms with Gasteiger partial charge in [0.2, 0.25) is 5.91 Å². The SMILES string of the molecule is C=C(OC)/C(Cl)=C\C(C)(C)NC[C@@H]1C[C@@H](OCCCCNCCC(C(=O)N(C)C)(c2ccccc2)c2ccccc2)CN1C(=O)OC(C)(C)C. The number of methoxy groups -OCH3 is 1. The molecule has 0 radical (unpaired) electrons. The van der Waals surface area contributed by atoms with Crippen molar-refractivity contribution in [1.82, 2.24) is 20.4 Å². The first kappa shape index (κ1) is 41.1. The van der Waals surface area contributed by atoms with Gasteiger partial charge in [-0.05, 0) is 90.6 Å². The zero-order chi connectivity index (χ0) is 37.0. The molecule has 276 valence electrons. The third-order valence-electron chi connectivity index (χ3n) is 8.88. The molecule has 10 heteroatoms. The number of halogens is 1. The second-order valence-electron chi connectivity index (χ2n) is 14.8. The van der Waals surface area contributed by atoms with Gasteiger partial charge in [-0.3, -0.25) is 4.79 Å². The van der Waals surface area contributed by atoms with E-state index in [4.69, 9.17) is 25.8 Å². The van der Waals surface area contributed by atoms with Crippen molar-refractivity contribution < 1.29 is 23.8 Å². The van der Waals surface area contributed by atoms with Crippen LogP contribution in [0.2, 0.25) is 0 Å². The lowest BCUT2D eigenvalue weighted by molar-refractivity contribution is -0.133. The molecule has 50 heavy (non-hydrogen) atoms. The summed E-state index contributed by atoms with van der Waals surface area (Å²) in [5.74, 6) is 0.463. The standard InChI is InChI=1S/C40H59ClN4O5/c1-30(48-9)35(41)27-39(5,6)43-28-33-26-34(29-45(33)37(47)50-38(2,3)4)49-25-17-16-23-42-24-22-40(36(46)44(7)8,31-18-12-10-13-19-31)32-20-14-11-15-21-32/h10-15,18-21,27,33-34,42-43H,1,16-17,22-26,28-29H2,2-9H3/b35-27+/t33-,34+/m0/s1. The lowest BCUT2D eigenvalue weighted by Gasteiger charge is -2.36. The molecule has 0 spiro atoms. The summed E-state index contributed by atoms with van der Waals surface area (Å²) in [6.07, 6.45) is 4.56. The highest BCUT2D eigenvalue weighted by atomic mass is 35.5. The molecular formula is C40H59ClN4O5. The van der Waals surface area contributed by atoms with Crippen LogP contribution in [0.4, 0.5) is 4.79 Å². The van der Waals surface area contributed by atoms with E-state index in [9.17, 15) is 9.59 Å². The molecule has 0 aliphatic carbocycles. The van der Waals surface area contributed by atoms with E-state index in [1.54, 1.807) is 9.80 Å². The molecule has 0 saturated carbocycles. The summed E-state index contributed by atoms with van der Waals surface area (Å²) in [6.45, 7) is 16.6. The molecule has 2 N–H and O–H groups in total. The highest BCUT2D eigenvalue weighted by Gasteiger charge is 2.42. The van der Waals surface area contributed by atoms with Crippen LogP contribution in [-0.2, 0) is 24.4 Å². The van der Waals surface area contributed by atoms with Gasteiger partial charge in [0.05, 0.1) is 30.8 Å². The van der Waals surface area contributed by atoms with E-state index in [0.29, 0.717) is 49.9 Å². The largest absolute Gasteiger partial charge is 0.496 e. The van der Waals surface area contributed by atoms with E-state index >= 15 is 0 Å². The number of nitrogens with one attached hydrogen (secondary N) is 2. The van der Waals surface area contributed by atoms with Gasteiger partial charge in [0.25, 0.3) is 0 Å². The van der Waals surface area contributed by atoms with Crippen LogP contribution in [0.3, 0.4) is 0 Å². The summed E-state index contributed by atoms with van der Waals surface area (Å²) in [5.41, 5.74) is 0.134. The number of carbonyl (C=O) groups is 2. The van der Waals surface area contributed by atoms with Crippen LogP contribution in [0.1, 0.15) is 71.4 Å². The molecule has 0 aromatic heterocycles. The first-order chi connectivity index (χ1) is 23.6. The van der Waals surface area contributed by atoms with E-state index in [-0.39, 0.29) is 24.1 Å². The van der Waals surface area contributed by atoms with Gasteiger partial charge in [-0.2, -0.15) is 0 Å². The molecule has 9 nitrogen and oxygen atoms in total. The van der Waals surface area contributed by atoms with Crippen molar-refractivity contribution in [2.24, 2.45) is 0 Å². The second kappa shape index (κ2) is 18.7. The van der Waals surface area contributed by atoms with Crippen molar-refractivity contribution in [2.75, 3.05) is 54.0 Å². The van der Waals surface area contributed by atoms with Gasteiger partial charge in [0.1, 0.15) is 16.8 Å². The first-order valence-corrected chi connectivity index (χ1v) is 18.0. The first-order valence-electron chi connectivity index (χ1n) is 17.6. The van der Waals surface area contributed by atoms with Crippen molar-refractivity contribution in [2.45, 2.75) is 89.0 Å². The van der Waals surface area contributed by atoms with Crippen molar-refractivity contribution in [3.63, 3.8) is 0 Å². The zero-order valence-corrected chi connectivity index (χ0v) is 32.1. The Morgan fingerprint density at radius 3 is 2.12 bits per heavy atom. The maximum atomic E-state index is 13.9. The fourth-order valence-corrected chi connectivity index (χ4v) is 6.65. The van der Waals surface area contributed by atoms with Crippen molar-refractivity contribution in [3.8, 4) is 0 Å². The van der Waals surface area contributed by atoms with E-state index < -0.39 is 16.6 Å². The average molecular weight is 711 g/mol. The Bertz CT molecular complexity index is 1370. The Kier molecular flexibility index (Phi) is 15.4. The number of hydrogen-bond donors (Lipinski definition) is 2. The van der Waals surface area contributed by atoms with Gasteiger partial charge in [0.15, 0.2) is 0 Å². The van der Waals surface area contributed by atoms with E-state index in [0.717, 1.165) is 30.5 Å². The number of benzene rings is 2. The van der Waals surface area contributed by atoms with Crippen LogP contribution in [0.15, 0.2) is 84.1 Å². The predicted octanol–water partition coefficient (Wildman–Crippen LogP) is 6.87. The van der Waals surface area contributed by atoms with Crippen LogP contribution >= 0.6 is 11.6 Å². The topological polar surface area (TPSA) is 92.4 Å². The van der Waals surface area contributed by atoms with Crippen molar-refractivity contribution in [1.29, 1.82) is 0 Å². The summed E-state index contributed by atoms with van der Waals surface area (Å²) in [4.78, 5) is 30.5. The molecule has 1 heterocycles. The van der Waals surface area contributed by atoms with Gasteiger partial charge in [0, 0.05) is 32.8 Å². The minimum atomic E-state index is -0.785. The fourth-order valence-electron chi connectivity index (χ4n) is 6.30. The average Bonchev–Trinajstić information content (AvgIpc) is 3.49. The number of carbonyl (C=O) groups excluding carboxylic acids is 2. The molecule has 2 atom stereocenters. The molecule has 1 fully saturated rings. The number of rotatable bonds is 18. The number of likely N-dealkylation sites (N-methyl/N-ethyl adjacent to an activating group) is 1. The highest BCUT2D eigenvalue weighted by Crippen LogP contribution is 2.37. The smallest absolute Gasteiger partial charge is 0.410 e. The van der Waals surface area contributed by atoms with Crippen molar-refractivity contribution in [3.05, 3.63) is 95.2 Å². The minimum absolute atomic E-state index is 0.0661. The van der Waals surface area contributed by atoms with Gasteiger partial charge in [-0.15, -0.1) is 0 Å². The molecular weight excluding hydrogens is 652 g/mol. The monoisotopic (exact) mass is 710 g/mol. The van der Waals surface area contributed by atoms with Gasteiger partial charge in [-0.1, -0.05) is 78.8 Å². The maximum Gasteiger partial charge on any atom is 0.410 e. The number of allylic oxidation sites excluding steroid dienone is 1.